The van der Waals surface area contributed by atoms with Crippen molar-refractivity contribution in [2.45, 2.75) is 38.0 Å². The normalized spacial score (nSPS) is 18.8. The van der Waals surface area contributed by atoms with E-state index in [1.807, 2.05) is 12.1 Å². The van der Waals surface area contributed by atoms with Gasteiger partial charge in [-0.05, 0) is 40.1 Å². The van der Waals surface area contributed by atoms with Gasteiger partial charge in [0.1, 0.15) is 0 Å². The number of allylic oxidation sites excluding steroid dienone is 2. The Morgan fingerprint density at radius 1 is 0.935 bits per heavy atom. The zero-order valence-corrected chi connectivity index (χ0v) is 19.5. The predicted molar refractivity (Wildman–Crippen MR) is 125 cm³/mol. The second kappa shape index (κ2) is 8.67. The Hall–Kier alpha value is -2.31. The number of ether oxygens (including phenoxy) is 2. The Kier molecular flexibility index (Phi) is 6.13. The van der Waals surface area contributed by atoms with Gasteiger partial charge in [-0.1, -0.05) is 81.4 Å². The smallest absolute Gasteiger partial charge is 0.261 e. The molecule has 5 heteroatoms. The maximum atomic E-state index is 12.2. The SMILES string of the molecule is CC(C)(C)[Si](OCC1=CC(=O)C=CC12OCCCO2)(c1ccccc1)c1ccccc1. The Morgan fingerprint density at radius 2 is 1.48 bits per heavy atom. The van der Waals surface area contributed by atoms with Crippen LogP contribution in [0.2, 0.25) is 5.04 Å². The van der Waals surface area contributed by atoms with Crippen LogP contribution in [0.3, 0.4) is 0 Å². The molecule has 2 aromatic carbocycles. The fraction of sp³-hybridized carbons (Fsp3) is 0.346. The monoisotopic (exact) mass is 434 g/mol. The van der Waals surface area contributed by atoms with Gasteiger partial charge in [0.2, 0.25) is 5.79 Å². The molecule has 1 aliphatic heterocycles. The lowest BCUT2D eigenvalue weighted by molar-refractivity contribution is -0.215. The van der Waals surface area contributed by atoms with Crippen molar-refractivity contribution < 1.29 is 18.7 Å². The summed E-state index contributed by atoms with van der Waals surface area (Å²) in [4.78, 5) is 12.2. The van der Waals surface area contributed by atoms with E-state index in [9.17, 15) is 4.79 Å². The van der Waals surface area contributed by atoms with Gasteiger partial charge in [-0.15, -0.1) is 0 Å². The molecule has 0 amide bonds. The van der Waals surface area contributed by atoms with Crippen LogP contribution in [-0.4, -0.2) is 39.7 Å². The molecule has 0 unspecified atom stereocenters. The minimum atomic E-state index is -2.72. The molecule has 0 radical (unpaired) electrons. The summed E-state index contributed by atoms with van der Waals surface area (Å²) in [5.41, 5.74) is 0.729. The third kappa shape index (κ3) is 4.11. The number of carbonyl (C=O) groups is 1. The summed E-state index contributed by atoms with van der Waals surface area (Å²) in [5, 5.41) is 2.25. The number of rotatable bonds is 5. The first-order valence-electron chi connectivity index (χ1n) is 10.8. The van der Waals surface area contributed by atoms with Crippen molar-refractivity contribution in [1.29, 1.82) is 0 Å². The van der Waals surface area contributed by atoms with Crippen molar-refractivity contribution in [3.05, 3.63) is 84.5 Å². The fourth-order valence-electron chi connectivity index (χ4n) is 4.54. The molecule has 1 saturated heterocycles. The highest BCUT2D eigenvalue weighted by atomic mass is 28.4. The fourth-order valence-corrected chi connectivity index (χ4v) is 9.07. The number of benzene rings is 2. The third-order valence-electron chi connectivity index (χ3n) is 6.01. The molecule has 0 N–H and O–H groups in total. The second-order valence-electron chi connectivity index (χ2n) is 9.08. The van der Waals surface area contributed by atoms with Crippen molar-refractivity contribution >= 4 is 24.5 Å². The van der Waals surface area contributed by atoms with Gasteiger partial charge in [0.05, 0.1) is 19.8 Å². The Bertz CT molecular complexity index is 928. The molecule has 4 rings (SSSR count). The van der Waals surface area contributed by atoms with Crippen LogP contribution in [0.25, 0.3) is 0 Å². The van der Waals surface area contributed by atoms with Gasteiger partial charge in [0.25, 0.3) is 8.32 Å². The van der Waals surface area contributed by atoms with E-state index in [4.69, 9.17) is 13.9 Å². The van der Waals surface area contributed by atoms with E-state index < -0.39 is 14.1 Å². The van der Waals surface area contributed by atoms with Gasteiger partial charge in [0.15, 0.2) is 5.78 Å². The van der Waals surface area contributed by atoms with Gasteiger partial charge in [0, 0.05) is 5.57 Å². The molecule has 0 atom stereocenters. The highest BCUT2D eigenvalue weighted by Gasteiger charge is 2.51. The molecule has 1 spiro atoms. The van der Waals surface area contributed by atoms with E-state index in [0.717, 1.165) is 12.0 Å². The van der Waals surface area contributed by atoms with E-state index in [-0.39, 0.29) is 17.4 Å². The first kappa shape index (κ1) is 21.9. The molecule has 2 aromatic rings. The third-order valence-corrected chi connectivity index (χ3v) is 11.0. The predicted octanol–water partition coefficient (Wildman–Crippen LogP) is 3.76. The van der Waals surface area contributed by atoms with Gasteiger partial charge in [-0.25, -0.2) is 0 Å². The molecule has 4 nitrogen and oxygen atoms in total. The van der Waals surface area contributed by atoms with Gasteiger partial charge >= 0.3 is 0 Å². The summed E-state index contributed by atoms with van der Waals surface area (Å²) in [6.07, 6.45) is 5.71. The number of hydrogen-bond donors (Lipinski definition) is 0. The molecule has 0 saturated carbocycles. The van der Waals surface area contributed by atoms with Crippen molar-refractivity contribution in [2.75, 3.05) is 19.8 Å². The average molecular weight is 435 g/mol. The molecular formula is C26H30O4Si. The zero-order chi connectivity index (χ0) is 22.0. The summed E-state index contributed by atoms with van der Waals surface area (Å²) in [7, 11) is -2.72. The van der Waals surface area contributed by atoms with E-state index in [1.54, 1.807) is 12.2 Å². The number of hydrogen-bond acceptors (Lipinski definition) is 4. The van der Waals surface area contributed by atoms with Crippen LogP contribution in [0.5, 0.6) is 0 Å². The lowest BCUT2D eigenvalue weighted by Gasteiger charge is -2.45. The van der Waals surface area contributed by atoms with E-state index in [1.165, 1.54) is 16.4 Å². The molecule has 2 aliphatic rings. The summed E-state index contributed by atoms with van der Waals surface area (Å²) in [6.45, 7) is 8.17. The van der Waals surface area contributed by atoms with E-state index in [0.29, 0.717) is 13.2 Å². The van der Waals surface area contributed by atoms with Crippen LogP contribution in [0.4, 0.5) is 0 Å². The van der Waals surface area contributed by atoms with Crippen LogP contribution in [0.1, 0.15) is 27.2 Å². The number of carbonyl (C=O) groups excluding carboxylic acids is 1. The first-order chi connectivity index (χ1) is 14.9. The molecule has 1 fully saturated rings. The molecule has 31 heavy (non-hydrogen) atoms. The van der Waals surface area contributed by atoms with Crippen molar-refractivity contribution in [1.82, 2.24) is 0 Å². The van der Waals surface area contributed by atoms with Crippen LogP contribution in [-0.2, 0) is 18.7 Å². The first-order valence-corrected chi connectivity index (χ1v) is 12.8. The van der Waals surface area contributed by atoms with Crippen LogP contribution in [0, 0.1) is 0 Å². The molecular weight excluding hydrogens is 404 g/mol. The largest absolute Gasteiger partial charge is 0.403 e. The minimum Gasteiger partial charge on any atom is -0.403 e. The van der Waals surface area contributed by atoms with Crippen LogP contribution >= 0.6 is 0 Å². The van der Waals surface area contributed by atoms with Crippen LogP contribution in [0.15, 0.2) is 84.5 Å². The lowest BCUT2D eigenvalue weighted by Crippen LogP contribution is -2.67. The average Bonchev–Trinajstić information content (AvgIpc) is 2.78. The Morgan fingerprint density at radius 3 is 2.00 bits per heavy atom. The van der Waals surface area contributed by atoms with Crippen molar-refractivity contribution in [3.8, 4) is 0 Å². The Labute approximate surface area is 185 Å². The summed E-state index contributed by atoms with van der Waals surface area (Å²) < 4.78 is 19.1. The van der Waals surface area contributed by atoms with Crippen molar-refractivity contribution in [2.24, 2.45) is 0 Å². The lowest BCUT2D eigenvalue weighted by atomic mass is 9.98. The summed E-state index contributed by atoms with van der Waals surface area (Å²) in [6, 6.07) is 21.0. The van der Waals surface area contributed by atoms with Crippen molar-refractivity contribution in [3.63, 3.8) is 0 Å². The zero-order valence-electron chi connectivity index (χ0n) is 18.5. The molecule has 162 valence electrons. The standard InChI is InChI=1S/C26H30O4Si/c1-25(2,3)31(23-11-6-4-7-12-23,24-13-8-5-9-14-24)30-20-21-19-22(27)15-16-26(21)28-17-10-18-29-26/h4-9,11-16,19H,10,17-18,20H2,1-3H3. The van der Waals surface area contributed by atoms with E-state index in [2.05, 4.69) is 69.3 Å². The van der Waals surface area contributed by atoms with Gasteiger partial charge in [-0.2, -0.15) is 0 Å². The molecule has 0 aromatic heterocycles. The van der Waals surface area contributed by atoms with Crippen LogP contribution < -0.4 is 10.4 Å². The molecule has 0 bridgehead atoms. The van der Waals surface area contributed by atoms with Gasteiger partial charge < -0.3 is 13.9 Å². The highest BCUT2D eigenvalue weighted by molar-refractivity contribution is 6.99. The highest BCUT2D eigenvalue weighted by Crippen LogP contribution is 2.39. The maximum absolute atomic E-state index is 12.2. The molecule has 1 aliphatic carbocycles. The topological polar surface area (TPSA) is 44.8 Å². The number of ketones is 1. The summed E-state index contributed by atoms with van der Waals surface area (Å²) in [5.74, 6) is -1.07. The second-order valence-corrected chi connectivity index (χ2v) is 13.4. The minimum absolute atomic E-state index is 0.0653. The quantitative estimate of drug-likeness (QED) is 0.672. The molecule has 1 heterocycles. The maximum Gasteiger partial charge on any atom is 0.261 e. The van der Waals surface area contributed by atoms with Gasteiger partial charge in [-0.3, -0.25) is 4.79 Å². The Balaban J connectivity index is 1.77. The van der Waals surface area contributed by atoms with E-state index >= 15 is 0 Å². The summed E-state index contributed by atoms with van der Waals surface area (Å²) >= 11 is 0.